The Labute approximate surface area is 153 Å². The number of amides is 1. The van der Waals surface area contributed by atoms with Gasteiger partial charge in [-0.1, -0.05) is 25.1 Å². The molecule has 0 atom stereocenters. The maximum atomic E-state index is 12.5. The fourth-order valence-electron chi connectivity index (χ4n) is 3.28. The van der Waals surface area contributed by atoms with Crippen LogP contribution >= 0.6 is 0 Å². The van der Waals surface area contributed by atoms with Crippen LogP contribution in [0.3, 0.4) is 0 Å². The van der Waals surface area contributed by atoms with Crippen molar-refractivity contribution in [1.82, 2.24) is 15.2 Å². The molecule has 0 saturated carbocycles. The lowest BCUT2D eigenvalue weighted by molar-refractivity contribution is -0.384. The molecular formula is C19H17N5O3. The first-order valence-corrected chi connectivity index (χ1v) is 8.57. The highest BCUT2D eigenvalue weighted by Gasteiger charge is 2.15. The molecule has 4 aromatic rings. The number of anilines is 1. The zero-order valence-corrected chi connectivity index (χ0v) is 14.6. The summed E-state index contributed by atoms with van der Waals surface area (Å²) in [6, 6.07) is 10.4. The van der Waals surface area contributed by atoms with E-state index in [9.17, 15) is 14.9 Å². The SMILES string of the molecule is CCc1cccc2c(CC(=O)Nc3n[nH]c4ccc([N+](=O)[O-])cc34)c[nH]c12. The van der Waals surface area contributed by atoms with E-state index in [2.05, 4.69) is 33.5 Å². The van der Waals surface area contributed by atoms with Crippen molar-refractivity contribution in [3.8, 4) is 0 Å². The van der Waals surface area contributed by atoms with Crippen LogP contribution in [0.15, 0.2) is 42.6 Å². The van der Waals surface area contributed by atoms with E-state index < -0.39 is 4.92 Å². The van der Waals surface area contributed by atoms with Gasteiger partial charge in [0.1, 0.15) is 0 Å². The molecule has 0 fully saturated rings. The number of nitrogens with one attached hydrogen (secondary N) is 3. The van der Waals surface area contributed by atoms with Crippen molar-refractivity contribution in [1.29, 1.82) is 0 Å². The minimum absolute atomic E-state index is 0.0527. The van der Waals surface area contributed by atoms with E-state index >= 15 is 0 Å². The summed E-state index contributed by atoms with van der Waals surface area (Å²) < 4.78 is 0. The van der Waals surface area contributed by atoms with Gasteiger partial charge < -0.3 is 10.3 Å². The number of hydrogen-bond donors (Lipinski definition) is 3. The number of carbonyl (C=O) groups excluding carboxylic acids is 1. The number of nitro groups is 1. The van der Waals surface area contributed by atoms with Gasteiger partial charge in [-0.15, -0.1) is 0 Å². The third-order valence-electron chi connectivity index (χ3n) is 4.63. The van der Waals surface area contributed by atoms with E-state index in [1.165, 1.54) is 17.7 Å². The monoisotopic (exact) mass is 363 g/mol. The van der Waals surface area contributed by atoms with Gasteiger partial charge in [-0.3, -0.25) is 20.0 Å². The summed E-state index contributed by atoms with van der Waals surface area (Å²) in [7, 11) is 0. The van der Waals surface area contributed by atoms with Gasteiger partial charge in [0, 0.05) is 29.2 Å². The van der Waals surface area contributed by atoms with E-state index in [0.29, 0.717) is 10.9 Å². The molecule has 8 heteroatoms. The molecule has 136 valence electrons. The minimum Gasteiger partial charge on any atom is -0.361 e. The lowest BCUT2D eigenvalue weighted by atomic mass is 10.1. The number of H-pyrrole nitrogens is 2. The molecular weight excluding hydrogens is 346 g/mol. The van der Waals surface area contributed by atoms with E-state index in [0.717, 1.165) is 22.9 Å². The first-order chi connectivity index (χ1) is 13.1. The summed E-state index contributed by atoms with van der Waals surface area (Å²) >= 11 is 0. The normalized spacial score (nSPS) is 11.1. The molecule has 8 nitrogen and oxygen atoms in total. The van der Waals surface area contributed by atoms with Crippen LogP contribution in [0.2, 0.25) is 0 Å². The average Bonchev–Trinajstić information content (AvgIpc) is 3.25. The Morgan fingerprint density at radius 3 is 2.85 bits per heavy atom. The number of fused-ring (bicyclic) bond motifs is 2. The lowest BCUT2D eigenvalue weighted by Crippen LogP contribution is -2.14. The summed E-state index contributed by atoms with van der Waals surface area (Å²) in [4.78, 5) is 26.3. The van der Waals surface area contributed by atoms with Gasteiger partial charge in [0.25, 0.3) is 5.69 Å². The third-order valence-corrected chi connectivity index (χ3v) is 4.63. The Kier molecular flexibility index (Phi) is 4.08. The summed E-state index contributed by atoms with van der Waals surface area (Å²) in [5, 5.41) is 22.1. The van der Waals surface area contributed by atoms with Gasteiger partial charge in [-0.05, 0) is 23.6 Å². The molecule has 0 saturated heterocycles. The molecule has 2 heterocycles. The van der Waals surface area contributed by atoms with Crippen LogP contribution in [-0.2, 0) is 17.6 Å². The molecule has 0 radical (unpaired) electrons. The topological polar surface area (TPSA) is 117 Å². The molecule has 0 spiro atoms. The van der Waals surface area contributed by atoms with Crippen molar-refractivity contribution in [3.63, 3.8) is 0 Å². The third kappa shape index (κ3) is 3.01. The summed E-state index contributed by atoms with van der Waals surface area (Å²) in [6.45, 7) is 2.09. The highest BCUT2D eigenvalue weighted by molar-refractivity contribution is 6.02. The van der Waals surface area contributed by atoms with E-state index in [1.54, 1.807) is 6.07 Å². The number of non-ortho nitro benzene ring substituents is 1. The molecule has 0 bridgehead atoms. The van der Waals surface area contributed by atoms with E-state index in [4.69, 9.17) is 0 Å². The Bertz CT molecular complexity index is 1170. The van der Waals surface area contributed by atoms with Crippen LogP contribution in [0, 0.1) is 10.1 Å². The van der Waals surface area contributed by atoms with E-state index in [1.807, 2.05) is 18.3 Å². The zero-order valence-electron chi connectivity index (χ0n) is 14.6. The molecule has 2 aromatic heterocycles. The number of aromatic amines is 2. The Balaban J connectivity index is 1.59. The fourth-order valence-corrected chi connectivity index (χ4v) is 3.28. The number of nitrogens with zero attached hydrogens (tertiary/aromatic N) is 2. The Hall–Kier alpha value is -3.68. The zero-order chi connectivity index (χ0) is 19.0. The van der Waals surface area contributed by atoms with Crippen molar-refractivity contribution in [2.24, 2.45) is 0 Å². The van der Waals surface area contributed by atoms with Crippen molar-refractivity contribution in [2.45, 2.75) is 19.8 Å². The quantitative estimate of drug-likeness (QED) is 0.370. The van der Waals surface area contributed by atoms with Gasteiger partial charge in [0.05, 0.1) is 22.2 Å². The first kappa shape index (κ1) is 16.8. The van der Waals surface area contributed by atoms with Crippen molar-refractivity contribution < 1.29 is 9.72 Å². The second-order valence-corrected chi connectivity index (χ2v) is 6.29. The van der Waals surface area contributed by atoms with Crippen LogP contribution in [0.1, 0.15) is 18.1 Å². The molecule has 0 aliphatic rings. The van der Waals surface area contributed by atoms with Crippen molar-refractivity contribution in [2.75, 3.05) is 5.32 Å². The molecule has 4 rings (SSSR count). The largest absolute Gasteiger partial charge is 0.361 e. The maximum absolute atomic E-state index is 12.5. The van der Waals surface area contributed by atoms with Crippen LogP contribution in [-0.4, -0.2) is 26.0 Å². The number of para-hydroxylation sites is 1. The number of nitro benzene ring substituents is 1. The fraction of sp³-hybridized carbons (Fsp3) is 0.158. The summed E-state index contributed by atoms with van der Waals surface area (Å²) in [6.07, 6.45) is 2.93. The minimum atomic E-state index is -0.477. The van der Waals surface area contributed by atoms with Gasteiger partial charge >= 0.3 is 0 Å². The highest BCUT2D eigenvalue weighted by Crippen LogP contribution is 2.26. The van der Waals surface area contributed by atoms with Crippen LogP contribution in [0.25, 0.3) is 21.8 Å². The van der Waals surface area contributed by atoms with E-state index in [-0.39, 0.29) is 23.8 Å². The summed E-state index contributed by atoms with van der Waals surface area (Å²) in [5.41, 5.74) is 3.70. The average molecular weight is 363 g/mol. The molecule has 1 amide bonds. The van der Waals surface area contributed by atoms with Gasteiger partial charge in [-0.25, -0.2) is 0 Å². The standard InChI is InChI=1S/C19H17N5O3/c1-2-11-4-3-5-14-12(10-20-18(11)14)8-17(25)21-19-15-9-13(24(26)27)6-7-16(15)22-23-19/h3-7,9-10,20H,2,8H2,1H3,(H2,21,22,23,25). The van der Waals surface area contributed by atoms with Crippen LogP contribution in [0.4, 0.5) is 11.5 Å². The summed E-state index contributed by atoms with van der Waals surface area (Å²) in [5.74, 6) is 0.0468. The number of hydrogen-bond acceptors (Lipinski definition) is 4. The van der Waals surface area contributed by atoms with Crippen LogP contribution in [0.5, 0.6) is 0 Å². The molecule has 3 N–H and O–H groups in total. The van der Waals surface area contributed by atoms with Crippen LogP contribution < -0.4 is 5.32 Å². The maximum Gasteiger partial charge on any atom is 0.270 e. The van der Waals surface area contributed by atoms with Gasteiger partial charge in [0.2, 0.25) is 5.91 Å². The number of rotatable bonds is 5. The smallest absolute Gasteiger partial charge is 0.270 e. The first-order valence-electron chi connectivity index (χ1n) is 8.57. The molecule has 0 aliphatic heterocycles. The van der Waals surface area contributed by atoms with Gasteiger partial charge in [-0.2, -0.15) is 5.10 Å². The number of aromatic nitrogens is 3. The van der Waals surface area contributed by atoms with Gasteiger partial charge in [0.15, 0.2) is 5.82 Å². The second-order valence-electron chi connectivity index (χ2n) is 6.29. The second kappa shape index (κ2) is 6.56. The predicted molar refractivity (Wildman–Crippen MR) is 103 cm³/mol. The Morgan fingerprint density at radius 1 is 1.22 bits per heavy atom. The number of carbonyl (C=O) groups is 1. The molecule has 2 aromatic carbocycles. The molecule has 27 heavy (non-hydrogen) atoms. The number of aryl methyl sites for hydroxylation is 1. The molecule has 0 unspecified atom stereocenters. The predicted octanol–water partition coefficient (Wildman–Crippen LogP) is 3.70. The highest BCUT2D eigenvalue weighted by atomic mass is 16.6. The number of benzene rings is 2. The Morgan fingerprint density at radius 2 is 2.07 bits per heavy atom. The molecule has 0 aliphatic carbocycles. The van der Waals surface area contributed by atoms with Crippen molar-refractivity contribution in [3.05, 3.63) is 63.8 Å². The van der Waals surface area contributed by atoms with Crippen molar-refractivity contribution >= 4 is 39.2 Å². The lowest BCUT2D eigenvalue weighted by Gasteiger charge is -2.03.